The first-order valence-corrected chi connectivity index (χ1v) is 5.03. The van der Waals surface area contributed by atoms with E-state index in [9.17, 15) is 0 Å². The molecule has 0 nitrogen and oxygen atoms in total. The normalized spacial score (nSPS) is 28.0. The van der Waals surface area contributed by atoms with Crippen molar-refractivity contribution in [2.75, 3.05) is 0 Å². The third-order valence-electron chi connectivity index (χ3n) is 3.28. The summed E-state index contributed by atoms with van der Waals surface area (Å²) in [7, 11) is 0. The van der Waals surface area contributed by atoms with Crippen LogP contribution in [0.3, 0.4) is 0 Å². The van der Waals surface area contributed by atoms with Gasteiger partial charge in [0, 0.05) is 0 Å². The molecule has 0 aliphatic heterocycles. The van der Waals surface area contributed by atoms with E-state index < -0.39 is 0 Å². The summed E-state index contributed by atoms with van der Waals surface area (Å²) < 4.78 is 0. The predicted molar refractivity (Wildman–Crippen MR) is 59.7 cm³/mol. The molecule has 72 valence electrons. The Morgan fingerprint density at radius 1 is 1.69 bits per heavy atom. The number of rotatable bonds is 3. The Bertz CT molecular complexity index is 245. The molecule has 1 atom stereocenters. The van der Waals surface area contributed by atoms with Gasteiger partial charge in [-0.3, -0.25) is 0 Å². The summed E-state index contributed by atoms with van der Waals surface area (Å²) in [6, 6.07) is 0. The first-order valence-electron chi connectivity index (χ1n) is 5.03. The van der Waals surface area contributed by atoms with Gasteiger partial charge in [0.1, 0.15) is 0 Å². The van der Waals surface area contributed by atoms with Gasteiger partial charge in [-0.05, 0) is 38.0 Å². The number of hydrogen-bond acceptors (Lipinski definition) is 0. The van der Waals surface area contributed by atoms with Crippen molar-refractivity contribution in [3.05, 3.63) is 36.5 Å². The number of hydrogen-bond donors (Lipinski definition) is 0. The van der Waals surface area contributed by atoms with E-state index >= 15 is 0 Å². The summed E-state index contributed by atoms with van der Waals surface area (Å²) in [5, 5.41) is 0. The lowest BCUT2D eigenvalue weighted by atomic mass is 9.72. The van der Waals surface area contributed by atoms with Gasteiger partial charge in [0.05, 0.1) is 0 Å². The molecule has 0 aromatic carbocycles. The molecule has 0 saturated heterocycles. The van der Waals surface area contributed by atoms with E-state index in [-0.39, 0.29) is 0 Å². The van der Waals surface area contributed by atoms with Crippen molar-refractivity contribution in [1.82, 2.24) is 0 Å². The molecule has 0 heterocycles. The van der Waals surface area contributed by atoms with Crippen LogP contribution >= 0.6 is 0 Å². The van der Waals surface area contributed by atoms with Crippen LogP contribution in [0.5, 0.6) is 0 Å². The SMILES string of the molecule is C=CCC1=CCC(C)(C(=C)C)CC1. The molecular weight excluding hydrogens is 156 g/mol. The Hall–Kier alpha value is -0.780. The van der Waals surface area contributed by atoms with Gasteiger partial charge in [0.2, 0.25) is 0 Å². The summed E-state index contributed by atoms with van der Waals surface area (Å²) in [6.07, 6.45) is 9.06. The van der Waals surface area contributed by atoms with Gasteiger partial charge in [0.15, 0.2) is 0 Å². The number of allylic oxidation sites excluding steroid dienone is 4. The molecule has 0 fully saturated rings. The van der Waals surface area contributed by atoms with Gasteiger partial charge in [-0.1, -0.05) is 36.8 Å². The first kappa shape index (κ1) is 10.3. The zero-order valence-electron chi connectivity index (χ0n) is 8.90. The fourth-order valence-electron chi connectivity index (χ4n) is 1.77. The molecule has 0 amide bonds. The molecule has 1 aliphatic carbocycles. The maximum Gasteiger partial charge on any atom is -0.00842 e. The molecule has 1 unspecified atom stereocenters. The Morgan fingerprint density at radius 2 is 2.38 bits per heavy atom. The van der Waals surface area contributed by atoms with Crippen LogP contribution in [0.4, 0.5) is 0 Å². The Morgan fingerprint density at radius 3 is 2.77 bits per heavy atom. The molecule has 13 heavy (non-hydrogen) atoms. The van der Waals surface area contributed by atoms with E-state index in [2.05, 4.69) is 33.1 Å². The molecule has 0 aromatic heterocycles. The summed E-state index contributed by atoms with van der Waals surface area (Å²) in [5.41, 5.74) is 3.22. The quantitative estimate of drug-likeness (QED) is 0.564. The highest BCUT2D eigenvalue weighted by molar-refractivity contribution is 5.18. The van der Waals surface area contributed by atoms with Crippen LogP contribution in [-0.2, 0) is 0 Å². The van der Waals surface area contributed by atoms with Gasteiger partial charge >= 0.3 is 0 Å². The topological polar surface area (TPSA) is 0 Å². The maximum atomic E-state index is 4.07. The van der Waals surface area contributed by atoms with E-state index in [1.807, 2.05) is 6.08 Å². The van der Waals surface area contributed by atoms with Gasteiger partial charge in [0.25, 0.3) is 0 Å². The molecule has 0 aromatic rings. The zero-order valence-corrected chi connectivity index (χ0v) is 8.90. The lowest BCUT2D eigenvalue weighted by Crippen LogP contribution is -2.19. The average molecular weight is 176 g/mol. The van der Waals surface area contributed by atoms with E-state index in [0.717, 1.165) is 12.8 Å². The largest absolute Gasteiger partial charge is 0.103 e. The summed E-state index contributed by atoms with van der Waals surface area (Å²) >= 11 is 0. The lowest BCUT2D eigenvalue weighted by Gasteiger charge is -2.33. The summed E-state index contributed by atoms with van der Waals surface area (Å²) in [4.78, 5) is 0. The fraction of sp³-hybridized carbons (Fsp3) is 0.538. The van der Waals surface area contributed by atoms with Crippen LogP contribution < -0.4 is 0 Å². The molecule has 1 rings (SSSR count). The highest BCUT2D eigenvalue weighted by Gasteiger charge is 2.26. The van der Waals surface area contributed by atoms with Crippen molar-refractivity contribution >= 4 is 0 Å². The van der Waals surface area contributed by atoms with Crippen molar-refractivity contribution < 1.29 is 0 Å². The molecule has 0 N–H and O–H groups in total. The zero-order chi connectivity index (χ0) is 9.90. The van der Waals surface area contributed by atoms with E-state index in [1.165, 1.54) is 18.4 Å². The predicted octanol–water partition coefficient (Wildman–Crippen LogP) is 4.26. The molecule has 0 saturated carbocycles. The van der Waals surface area contributed by atoms with Gasteiger partial charge in [-0.15, -0.1) is 6.58 Å². The van der Waals surface area contributed by atoms with Crippen LogP contribution in [0, 0.1) is 5.41 Å². The van der Waals surface area contributed by atoms with Crippen LogP contribution in [0.25, 0.3) is 0 Å². The van der Waals surface area contributed by atoms with Crippen LogP contribution in [0.1, 0.15) is 39.5 Å². The summed E-state index contributed by atoms with van der Waals surface area (Å²) in [6.45, 7) is 12.3. The second kappa shape index (κ2) is 3.95. The van der Waals surface area contributed by atoms with E-state index in [1.54, 1.807) is 5.57 Å². The van der Waals surface area contributed by atoms with Crippen molar-refractivity contribution in [2.45, 2.75) is 39.5 Å². The van der Waals surface area contributed by atoms with E-state index in [0.29, 0.717) is 5.41 Å². The molecule has 0 spiro atoms. The molecule has 0 bridgehead atoms. The average Bonchev–Trinajstić information content (AvgIpc) is 2.09. The third kappa shape index (κ3) is 2.33. The molecule has 1 aliphatic rings. The second-order valence-electron chi connectivity index (χ2n) is 4.40. The third-order valence-corrected chi connectivity index (χ3v) is 3.28. The minimum Gasteiger partial charge on any atom is -0.103 e. The van der Waals surface area contributed by atoms with Crippen molar-refractivity contribution in [1.29, 1.82) is 0 Å². The van der Waals surface area contributed by atoms with Crippen molar-refractivity contribution in [3.8, 4) is 0 Å². The monoisotopic (exact) mass is 176 g/mol. The lowest BCUT2D eigenvalue weighted by molar-refractivity contribution is 0.352. The van der Waals surface area contributed by atoms with Crippen molar-refractivity contribution in [3.63, 3.8) is 0 Å². The van der Waals surface area contributed by atoms with Crippen molar-refractivity contribution in [2.24, 2.45) is 5.41 Å². The minimum absolute atomic E-state index is 0.352. The van der Waals surface area contributed by atoms with Gasteiger partial charge in [-0.2, -0.15) is 0 Å². The Labute approximate surface area is 82.0 Å². The standard InChI is InChI=1S/C13H20/c1-5-6-12-7-9-13(4,10-8-12)11(2)3/h5,7H,1-2,6,8-10H2,3-4H3. The van der Waals surface area contributed by atoms with Crippen LogP contribution in [-0.4, -0.2) is 0 Å². The maximum absolute atomic E-state index is 4.07. The smallest absolute Gasteiger partial charge is 0.00842 e. The van der Waals surface area contributed by atoms with Gasteiger partial charge in [-0.25, -0.2) is 0 Å². The Kier molecular flexibility index (Phi) is 3.13. The van der Waals surface area contributed by atoms with Gasteiger partial charge < -0.3 is 0 Å². The molecular formula is C13H20. The molecule has 0 heteroatoms. The first-order chi connectivity index (χ1) is 6.08. The fourth-order valence-corrected chi connectivity index (χ4v) is 1.77. The minimum atomic E-state index is 0.352. The molecule has 0 radical (unpaired) electrons. The second-order valence-corrected chi connectivity index (χ2v) is 4.40. The highest BCUT2D eigenvalue weighted by atomic mass is 14.3. The van der Waals surface area contributed by atoms with E-state index in [4.69, 9.17) is 0 Å². The Balaban J connectivity index is 2.64. The highest BCUT2D eigenvalue weighted by Crippen LogP contribution is 2.40. The summed E-state index contributed by atoms with van der Waals surface area (Å²) in [5.74, 6) is 0. The van der Waals surface area contributed by atoms with Crippen LogP contribution in [0.15, 0.2) is 36.5 Å². The van der Waals surface area contributed by atoms with Crippen LogP contribution in [0.2, 0.25) is 0 Å².